The summed E-state index contributed by atoms with van der Waals surface area (Å²) in [6.07, 6.45) is 3.95. The molecule has 1 fully saturated rings. The Balaban J connectivity index is 2.33. The molecule has 0 N–H and O–H groups in total. The maximum Gasteiger partial charge on any atom is 0.0703 e. The molecular weight excluding hydrogens is 82.9 g/mol. The first-order valence-electron chi connectivity index (χ1n) is 3.06. The normalized spacial score (nSPS) is 41.9. The van der Waals surface area contributed by atoms with Gasteiger partial charge in [-0.05, 0) is 5.92 Å². The molecule has 0 aromatic rings. The molecule has 1 rings (SSSR count). The molecule has 0 unspecified atom stereocenters. The highest BCUT2D eigenvalue weighted by Crippen LogP contribution is 2.32. The molecule has 0 spiro atoms. The lowest BCUT2D eigenvalue weighted by atomic mass is 9.80. The quantitative estimate of drug-likeness (QED) is 0.401. The molecule has 0 amide bonds. The molecule has 0 saturated heterocycles. The summed E-state index contributed by atoms with van der Waals surface area (Å²) in [5.41, 5.74) is 0. The van der Waals surface area contributed by atoms with Gasteiger partial charge in [0.2, 0.25) is 0 Å². The van der Waals surface area contributed by atoms with E-state index in [1.54, 1.807) is 0 Å². The zero-order chi connectivity index (χ0) is 5.28. The van der Waals surface area contributed by atoms with E-state index in [1.807, 2.05) is 0 Å². The maximum absolute atomic E-state index is 5.68. The van der Waals surface area contributed by atoms with Gasteiger partial charge in [-0.3, -0.25) is 0 Å². The summed E-state index contributed by atoms with van der Waals surface area (Å²) < 4.78 is 0. The highest BCUT2D eigenvalue weighted by Gasteiger charge is 2.17. The predicted octanol–water partition coefficient (Wildman–Crippen LogP) is 1.76. The molecule has 0 aromatic carbocycles. The molecule has 1 heteroatoms. The third-order valence-corrected chi connectivity index (χ3v) is 1.93. The Kier molecular flexibility index (Phi) is 1.41. The third kappa shape index (κ3) is 0.989. The summed E-state index contributed by atoms with van der Waals surface area (Å²) in [5, 5.41) is 0. The fraction of sp³-hybridized carbons (Fsp3) is 1.00. The van der Waals surface area contributed by atoms with Crippen LogP contribution in [0.2, 0.25) is 5.82 Å². The second kappa shape index (κ2) is 1.89. The van der Waals surface area contributed by atoms with Crippen LogP contribution in [0.1, 0.15) is 26.2 Å². The van der Waals surface area contributed by atoms with Gasteiger partial charge in [0, 0.05) is 0 Å². The van der Waals surface area contributed by atoms with Crippen molar-refractivity contribution in [3.05, 3.63) is 0 Å². The highest BCUT2D eigenvalue weighted by atomic mass is 14.2. The molecule has 0 bridgehead atoms. The van der Waals surface area contributed by atoms with Crippen molar-refractivity contribution in [3.63, 3.8) is 0 Å². The molecule has 0 aromatic heterocycles. The molecule has 2 radical (unpaired) electrons. The van der Waals surface area contributed by atoms with Crippen molar-refractivity contribution in [2.24, 2.45) is 5.92 Å². The topological polar surface area (TPSA) is 0 Å². The van der Waals surface area contributed by atoms with Gasteiger partial charge < -0.3 is 0 Å². The molecule has 1 aliphatic carbocycles. The smallest absolute Gasteiger partial charge is 0.0703 e. The van der Waals surface area contributed by atoms with Crippen LogP contribution in [0.15, 0.2) is 0 Å². The van der Waals surface area contributed by atoms with Crippen molar-refractivity contribution in [2.45, 2.75) is 32.0 Å². The van der Waals surface area contributed by atoms with Crippen molar-refractivity contribution in [1.82, 2.24) is 0 Å². The first-order valence-corrected chi connectivity index (χ1v) is 3.06. The summed E-state index contributed by atoms with van der Waals surface area (Å²) in [4.78, 5) is 0. The Morgan fingerprint density at radius 3 is 2.29 bits per heavy atom. The van der Waals surface area contributed by atoms with Gasteiger partial charge in [-0.15, -0.1) is 0 Å². The van der Waals surface area contributed by atoms with E-state index in [2.05, 4.69) is 6.92 Å². The second-order valence-corrected chi connectivity index (χ2v) is 2.57. The summed E-state index contributed by atoms with van der Waals surface area (Å²) in [6, 6.07) is 0. The van der Waals surface area contributed by atoms with Gasteiger partial charge in [0.25, 0.3) is 0 Å². The summed E-state index contributed by atoms with van der Waals surface area (Å²) in [6.45, 7) is 2.23. The van der Waals surface area contributed by atoms with E-state index in [9.17, 15) is 0 Å². The first-order chi connectivity index (χ1) is 3.30. The van der Waals surface area contributed by atoms with Crippen LogP contribution in [-0.4, -0.2) is 7.85 Å². The Bertz CT molecular complexity index is 53.2. The van der Waals surface area contributed by atoms with Crippen LogP contribution >= 0.6 is 0 Å². The zero-order valence-corrected chi connectivity index (χ0v) is 4.85. The van der Waals surface area contributed by atoms with Crippen molar-refractivity contribution in [1.29, 1.82) is 0 Å². The summed E-state index contributed by atoms with van der Waals surface area (Å²) in [5.74, 6) is 1.31. The average molecular weight is 94.0 g/mol. The van der Waals surface area contributed by atoms with E-state index < -0.39 is 0 Å². The fourth-order valence-corrected chi connectivity index (χ4v) is 1.17. The largest absolute Gasteiger partial charge is 0.0749 e. The number of rotatable bonds is 0. The van der Waals surface area contributed by atoms with Crippen LogP contribution in [0.25, 0.3) is 0 Å². The van der Waals surface area contributed by atoms with Crippen molar-refractivity contribution in [3.8, 4) is 0 Å². The van der Waals surface area contributed by atoms with Crippen LogP contribution in [0.4, 0.5) is 0 Å². The predicted molar refractivity (Wildman–Crippen MR) is 32.5 cm³/mol. The zero-order valence-electron chi connectivity index (χ0n) is 4.85. The van der Waals surface area contributed by atoms with Gasteiger partial charge in [-0.25, -0.2) is 0 Å². The minimum Gasteiger partial charge on any atom is -0.0749 e. The standard InChI is InChI=1S/C6H11B/c1-5-3-2-4-6(5)7/h5-6H,2-4H2,1H3/t5-,6-/m0/s1. The van der Waals surface area contributed by atoms with E-state index in [1.165, 1.54) is 19.3 Å². The van der Waals surface area contributed by atoms with E-state index >= 15 is 0 Å². The minimum absolute atomic E-state index is 0.514. The molecule has 0 heterocycles. The Morgan fingerprint density at radius 1 is 1.43 bits per heavy atom. The van der Waals surface area contributed by atoms with Crippen molar-refractivity contribution < 1.29 is 0 Å². The van der Waals surface area contributed by atoms with Crippen LogP contribution in [0, 0.1) is 5.92 Å². The van der Waals surface area contributed by atoms with Gasteiger partial charge in [-0.1, -0.05) is 32.0 Å². The van der Waals surface area contributed by atoms with Crippen LogP contribution in [0.3, 0.4) is 0 Å². The molecule has 1 aliphatic rings. The SMILES string of the molecule is [B][C@H]1CCC[C@@H]1C. The lowest BCUT2D eigenvalue weighted by molar-refractivity contribution is 0.611. The Morgan fingerprint density at radius 2 is 2.14 bits per heavy atom. The van der Waals surface area contributed by atoms with Crippen LogP contribution in [0.5, 0.6) is 0 Å². The molecule has 0 aliphatic heterocycles. The monoisotopic (exact) mass is 94.1 g/mol. The van der Waals surface area contributed by atoms with Crippen molar-refractivity contribution >= 4 is 7.85 Å². The number of hydrogen-bond acceptors (Lipinski definition) is 0. The molecule has 38 valence electrons. The third-order valence-electron chi connectivity index (χ3n) is 1.93. The van der Waals surface area contributed by atoms with Gasteiger partial charge in [0.15, 0.2) is 0 Å². The maximum atomic E-state index is 5.68. The molecule has 7 heavy (non-hydrogen) atoms. The molecule has 1 saturated carbocycles. The first kappa shape index (κ1) is 5.21. The van der Waals surface area contributed by atoms with Crippen LogP contribution in [-0.2, 0) is 0 Å². The van der Waals surface area contributed by atoms with Gasteiger partial charge in [0.1, 0.15) is 0 Å². The molecule has 0 nitrogen and oxygen atoms in total. The van der Waals surface area contributed by atoms with Crippen LogP contribution < -0.4 is 0 Å². The van der Waals surface area contributed by atoms with Gasteiger partial charge in [-0.2, -0.15) is 0 Å². The average Bonchev–Trinajstić information content (AvgIpc) is 1.91. The molecule has 2 atom stereocenters. The Labute approximate surface area is 46.7 Å². The van der Waals surface area contributed by atoms with Gasteiger partial charge >= 0.3 is 0 Å². The van der Waals surface area contributed by atoms with Gasteiger partial charge in [0.05, 0.1) is 7.85 Å². The Hall–Kier alpha value is 0.0649. The van der Waals surface area contributed by atoms with E-state index in [0.717, 1.165) is 5.92 Å². The van der Waals surface area contributed by atoms with E-state index in [4.69, 9.17) is 7.85 Å². The fourth-order valence-electron chi connectivity index (χ4n) is 1.17. The lowest BCUT2D eigenvalue weighted by Crippen LogP contribution is -1.93. The second-order valence-electron chi connectivity index (χ2n) is 2.57. The minimum atomic E-state index is 0.514. The molecular formula is C6H11B. The summed E-state index contributed by atoms with van der Waals surface area (Å²) >= 11 is 0. The van der Waals surface area contributed by atoms with Crippen molar-refractivity contribution in [2.75, 3.05) is 0 Å². The van der Waals surface area contributed by atoms with E-state index in [0.29, 0.717) is 5.82 Å². The van der Waals surface area contributed by atoms with E-state index in [-0.39, 0.29) is 0 Å². The number of hydrogen-bond donors (Lipinski definition) is 0. The highest BCUT2D eigenvalue weighted by molar-refractivity contribution is 6.11. The summed E-state index contributed by atoms with van der Waals surface area (Å²) in [7, 11) is 5.68. The lowest BCUT2D eigenvalue weighted by Gasteiger charge is -2.05.